The number of aryl methyl sites for hydroxylation is 1. The topological polar surface area (TPSA) is 53.5 Å². The summed E-state index contributed by atoms with van der Waals surface area (Å²) in [6.07, 6.45) is 2.82. The molecule has 21 heavy (non-hydrogen) atoms. The Bertz CT molecular complexity index is 534. The minimum absolute atomic E-state index is 0.298. The highest BCUT2D eigenvalue weighted by Crippen LogP contribution is 2.14. The van der Waals surface area contributed by atoms with Crippen LogP contribution in [-0.4, -0.2) is 54.5 Å². The third-order valence-corrected chi connectivity index (χ3v) is 6.56. The molecule has 7 heteroatoms. The summed E-state index contributed by atoms with van der Waals surface area (Å²) in [4.78, 5) is 6.75. The maximum atomic E-state index is 12.2. The van der Waals surface area contributed by atoms with E-state index in [4.69, 9.17) is 0 Å². The van der Waals surface area contributed by atoms with Crippen LogP contribution in [0, 0.1) is 6.92 Å². The molecule has 0 saturated carbocycles. The molecule has 0 aromatic carbocycles. The van der Waals surface area contributed by atoms with Crippen LogP contribution >= 0.6 is 11.3 Å². The van der Waals surface area contributed by atoms with Gasteiger partial charge < -0.3 is 0 Å². The minimum atomic E-state index is -3.05. The maximum Gasteiger partial charge on any atom is 0.214 e. The smallest absolute Gasteiger partial charge is 0.214 e. The molecule has 5 nitrogen and oxygen atoms in total. The molecule has 1 aromatic heterocycles. The van der Waals surface area contributed by atoms with Gasteiger partial charge in [0.05, 0.1) is 16.5 Å². The highest BCUT2D eigenvalue weighted by molar-refractivity contribution is 7.89. The lowest BCUT2D eigenvalue weighted by molar-refractivity contribution is 0.180. The molecular formula is C14H25N3O2S2. The van der Waals surface area contributed by atoms with E-state index in [1.807, 2.05) is 6.92 Å². The van der Waals surface area contributed by atoms with E-state index in [1.54, 1.807) is 15.6 Å². The summed E-state index contributed by atoms with van der Waals surface area (Å²) >= 11 is 1.66. The lowest BCUT2D eigenvalue weighted by atomic mass is 10.3. The molecule has 0 bridgehead atoms. The number of aromatic nitrogens is 1. The molecule has 0 unspecified atom stereocenters. The number of hydrogen-bond acceptors (Lipinski definition) is 5. The summed E-state index contributed by atoms with van der Waals surface area (Å²) in [5, 5.41) is 3.17. The molecule has 1 aromatic rings. The van der Waals surface area contributed by atoms with Gasteiger partial charge in [-0.1, -0.05) is 19.8 Å². The fourth-order valence-corrected chi connectivity index (χ4v) is 4.69. The molecule has 120 valence electrons. The fourth-order valence-electron chi connectivity index (χ4n) is 2.54. The number of unbranched alkanes of at least 4 members (excludes halogenated alkanes) is 2. The second-order valence-corrected chi connectivity index (χ2v) is 8.71. The molecule has 0 spiro atoms. The van der Waals surface area contributed by atoms with Crippen LogP contribution in [0.1, 0.15) is 36.9 Å². The van der Waals surface area contributed by atoms with Gasteiger partial charge in [-0.15, -0.1) is 11.3 Å². The Morgan fingerprint density at radius 1 is 1.24 bits per heavy atom. The fraction of sp³-hybridized carbons (Fsp3) is 0.786. The van der Waals surface area contributed by atoms with Crippen LogP contribution < -0.4 is 0 Å². The standard InChI is InChI=1S/C14H25N3O2S2/c1-3-4-5-10-21(18,19)17-8-6-16(7-9-17)11-14-12-20-13(2)15-14/h12H,3-11H2,1-2H3. The average molecular weight is 332 g/mol. The van der Waals surface area contributed by atoms with Crippen LogP contribution in [0.15, 0.2) is 5.38 Å². The van der Waals surface area contributed by atoms with Crippen molar-refractivity contribution in [3.8, 4) is 0 Å². The number of sulfonamides is 1. The number of thiazole rings is 1. The predicted molar refractivity (Wildman–Crippen MR) is 87.0 cm³/mol. The average Bonchev–Trinajstić information content (AvgIpc) is 2.85. The van der Waals surface area contributed by atoms with E-state index in [0.717, 1.165) is 49.6 Å². The molecule has 1 saturated heterocycles. The molecule has 0 radical (unpaired) electrons. The second kappa shape index (κ2) is 7.67. The van der Waals surface area contributed by atoms with Gasteiger partial charge in [0.2, 0.25) is 10.0 Å². The van der Waals surface area contributed by atoms with Gasteiger partial charge in [0.25, 0.3) is 0 Å². The zero-order valence-electron chi connectivity index (χ0n) is 12.9. The van der Waals surface area contributed by atoms with Crippen molar-refractivity contribution in [2.24, 2.45) is 0 Å². The van der Waals surface area contributed by atoms with E-state index in [1.165, 1.54) is 0 Å². The van der Waals surface area contributed by atoms with Crippen LogP contribution in [0.3, 0.4) is 0 Å². The van der Waals surface area contributed by atoms with Gasteiger partial charge in [-0.25, -0.2) is 13.4 Å². The SMILES string of the molecule is CCCCCS(=O)(=O)N1CCN(Cc2csc(C)n2)CC1. The molecule has 0 N–H and O–H groups in total. The lowest BCUT2D eigenvalue weighted by Gasteiger charge is -2.33. The van der Waals surface area contributed by atoms with Crippen LogP contribution in [0.4, 0.5) is 0 Å². The maximum absolute atomic E-state index is 12.2. The summed E-state index contributed by atoms with van der Waals surface area (Å²) in [7, 11) is -3.05. The van der Waals surface area contributed by atoms with Gasteiger partial charge in [-0.05, 0) is 13.3 Å². The molecule has 2 heterocycles. The van der Waals surface area contributed by atoms with Crippen LogP contribution in [0.5, 0.6) is 0 Å². The van der Waals surface area contributed by atoms with E-state index in [2.05, 4.69) is 22.2 Å². The monoisotopic (exact) mass is 331 g/mol. The zero-order chi connectivity index (χ0) is 15.3. The highest BCUT2D eigenvalue weighted by Gasteiger charge is 2.26. The number of nitrogens with zero attached hydrogens (tertiary/aromatic N) is 3. The normalized spacial score (nSPS) is 18.2. The Kier molecular flexibility index (Phi) is 6.16. The molecule has 0 aliphatic carbocycles. The van der Waals surface area contributed by atoms with Gasteiger partial charge in [-0.3, -0.25) is 4.90 Å². The second-order valence-electron chi connectivity index (χ2n) is 5.56. The third-order valence-electron chi connectivity index (χ3n) is 3.78. The molecule has 1 fully saturated rings. The van der Waals surface area contributed by atoms with Crippen molar-refractivity contribution in [1.29, 1.82) is 0 Å². The van der Waals surface area contributed by atoms with E-state index in [9.17, 15) is 8.42 Å². The Morgan fingerprint density at radius 2 is 1.95 bits per heavy atom. The van der Waals surface area contributed by atoms with Crippen molar-refractivity contribution in [2.45, 2.75) is 39.7 Å². The Morgan fingerprint density at radius 3 is 2.52 bits per heavy atom. The highest BCUT2D eigenvalue weighted by atomic mass is 32.2. The van der Waals surface area contributed by atoms with E-state index < -0.39 is 10.0 Å². The molecule has 0 amide bonds. The van der Waals surface area contributed by atoms with E-state index >= 15 is 0 Å². The zero-order valence-corrected chi connectivity index (χ0v) is 14.5. The number of piperazine rings is 1. The van der Waals surface area contributed by atoms with Crippen molar-refractivity contribution in [3.63, 3.8) is 0 Å². The van der Waals surface area contributed by atoms with E-state index in [0.29, 0.717) is 18.8 Å². The Balaban J connectivity index is 1.79. The molecule has 2 rings (SSSR count). The van der Waals surface area contributed by atoms with Gasteiger partial charge in [0.15, 0.2) is 0 Å². The van der Waals surface area contributed by atoms with Crippen LogP contribution in [0.25, 0.3) is 0 Å². The summed E-state index contributed by atoms with van der Waals surface area (Å²) in [6, 6.07) is 0. The Labute approximate surface area is 132 Å². The van der Waals surface area contributed by atoms with Crippen molar-refractivity contribution in [3.05, 3.63) is 16.1 Å². The quantitative estimate of drug-likeness (QED) is 0.718. The van der Waals surface area contributed by atoms with Gasteiger partial charge in [0.1, 0.15) is 0 Å². The molecule has 1 aliphatic heterocycles. The van der Waals surface area contributed by atoms with E-state index in [-0.39, 0.29) is 0 Å². The first-order valence-electron chi connectivity index (χ1n) is 7.62. The first-order chi connectivity index (χ1) is 10.0. The molecule has 0 atom stereocenters. The van der Waals surface area contributed by atoms with Gasteiger partial charge in [-0.2, -0.15) is 4.31 Å². The van der Waals surface area contributed by atoms with Crippen molar-refractivity contribution in [2.75, 3.05) is 31.9 Å². The molecule has 1 aliphatic rings. The minimum Gasteiger partial charge on any atom is -0.295 e. The van der Waals surface area contributed by atoms with Crippen LogP contribution in [0.2, 0.25) is 0 Å². The first kappa shape index (κ1) is 16.9. The summed E-state index contributed by atoms with van der Waals surface area (Å²) in [6.45, 7) is 7.73. The largest absolute Gasteiger partial charge is 0.295 e. The lowest BCUT2D eigenvalue weighted by Crippen LogP contribution is -2.48. The predicted octanol–water partition coefficient (Wildman–Crippen LogP) is 2.09. The Hall–Kier alpha value is -0.500. The summed E-state index contributed by atoms with van der Waals surface area (Å²) in [5.41, 5.74) is 1.09. The van der Waals surface area contributed by atoms with Crippen molar-refractivity contribution >= 4 is 21.4 Å². The third kappa shape index (κ3) is 5.02. The number of hydrogen-bond donors (Lipinski definition) is 0. The molecular weight excluding hydrogens is 306 g/mol. The first-order valence-corrected chi connectivity index (χ1v) is 10.1. The summed E-state index contributed by atoms with van der Waals surface area (Å²) in [5.74, 6) is 0.298. The van der Waals surface area contributed by atoms with Crippen LogP contribution in [-0.2, 0) is 16.6 Å². The van der Waals surface area contributed by atoms with Gasteiger partial charge >= 0.3 is 0 Å². The van der Waals surface area contributed by atoms with Crippen molar-refractivity contribution < 1.29 is 8.42 Å². The van der Waals surface area contributed by atoms with Crippen molar-refractivity contribution in [1.82, 2.24) is 14.2 Å². The number of rotatable bonds is 7. The summed E-state index contributed by atoms with van der Waals surface area (Å²) < 4.78 is 26.1. The van der Waals surface area contributed by atoms with Gasteiger partial charge in [0, 0.05) is 38.1 Å².